The van der Waals surface area contributed by atoms with Gasteiger partial charge < -0.3 is 20.1 Å². The predicted molar refractivity (Wildman–Crippen MR) is 129 cm³/mol. The number of rotatable bonds is 4. The van der Waals surface area contributed by atoms with Crippen LogP contribution < -0.4 is 10.6 Å². The van der Waals surface area contributed by atoms with E-state index in [1.807, 2.05) is 47.6 Å². The number of aliphatic imine (C=N–C) groups is 1. The van der Waals surface area contributed by atoms with Crippen LogP contribution in [0.5, 0.6) is 0 Å². The Morgan fingerprint density at radius 1 is 1.37 bits per heavy atom. The molecule has 2 unspecified atom stereocenters. The van der Waals surface area contributed by atoms with Gasteiger partial charge in [0, 0.05) is 26.3 Å². The van der Waals surface area contributed by atoms with E-state index in [9.17, 15) is 4.79 Å². The zero-order valence-corrected chi connectivity index (χ0v) is 21.7. The molecule has 1 saturated heterocycles. The normalized spacial score (nSPS) is 21.1. The molecule has 10 heteroatoms. The minimum atomic E-state index is -0.764. The second-order valence-corrected chi connectivity index (χ2v) is 8.87. The number of halogens is 2. The summed E-state index contributed by atoms with van der Waals surface area (Å²) in [6, 6.07) is 3.43. The molecule has 0 radical (unpaired) electrons. The van der Waals surface area contributed by atoms with Gasteiger partial charge in [-0.25, -0.2) is 9.78 Å². The third kappa shape index (κ3) is 7.42. The number of hydrogen-bond donors (Lipinski definition) is 2. The summed E-state index contributed by atoms with van der Waals surface area (Å²) in [5, 5.41) is 6.95. The molecule has 2 atom stereocenters. The third-order valence-corrected chi connectivity index (χ3v) is 4.69. The molecule has 0 spiro atoms. The predicted octanol–water partition coefficient (Wildman–Crippen LogP) is 3.78. The fourth-order valence-electron chi connectivity index (χ4n) is 3.24. The minimum absolute atomic E-state index is 0. The molecule has 8 nitrogen and oxygen atoms in total. The maximum absolute atomic E-state index is 12.8. The highest BCUT2D eigenvalue weighted by molar-refractivity contribution is 14.0. The quantitative estimate of drug-likeness (QED) is 0.255. The lowest BCUT2D eigenvalue weighted by atomic mass is 10.1. The van der Waals surface area contributed by atoms with E-state index in [0.29, 0.717) is 24.2 Å². The summed E-state index contributed by atoms with van der Waals surface area (Å²) in [6.45, 7) is 12.2. The van der Waals surface area contributed by atoms with Gasteiger partial charge in [-0.2, -0.15) is 0 Å². The first kappa shape index (κ1) is 26.7. The van der Waals surface area contributed by atoms with Gasteiger partial charge in [0.05, 0.1) is 12.1 Å². The Kier molecular flexibility index (Phi) is 9.62. The van der Waals surface area contributed by atoms with Crippen molar-refractivity contribution in [3.05, 3.63) is 29.0 Å². The maximum atomic E-state index is 12.8. The number of amides is 1. The van der Waals surface area contributed by atoms with Crippen molar-refractivity contribution >= 4 is 47.6 Å². The smallest absolute Gasteiger partial charge is 0.412 e. The monoisotopic (exact) mass is 553 g/mol. The lowest BCUT2D eigenvalue weighted by Gasteiger charge is -2.35. The molecule has 1 amide bonds. The molecule has 2 rings (SSSR count). The van der Waals surface area contributed by atoms with Gasteiger partial charge >= 0.3 is 6.09 Å². The Morgan fingerprint density at radius 2 is 2.03 bits per heavy atom. The Morgan fingerprint density at radius 3 is 2.57 bits per heavy atom. The van der Waals surface area contributed by atoms with Crippen LogP contribution in [-0.4, -0.2) is 59.0 Å². The summed E-state index contributed by atoms with van der Waals surface area (Å²) in [4.78, 5) is 22.8. The second-order valence-electron chi connectivity index (χ2n) is 8.48. The first-order valence-corrected chi connectivity index (χ1v) is 10.1. The van der Waals surface area contributed by atoms with Gasteiger partial charge in [-0.05, 0) is 53.2 Å². The van der Waals surface area contributed by atoms with Gasteiger partial charge in [0.25, 0.3) is 0 Å². The fourth-order valence-corrected chi connectivity index (χ4v) is 3.35. The van der Waals surface area contributed by atoms with E-state index in [1.165, 1.54) is 0 Å². The number of guanidine groups is 1. The second kappa shape index (κ2) is 10.8. The van der Waals surface area contributed by atoms with Crippen molar-refractivity contribution < 1.29 is 14.3 Å². The van der Waals surface area contributed by atoms with Crippen molar-refractivity contribution in [1.82, 2.24) is 20.5 Å². The SMILES string of the molecule is CN=C(NCc1ccc(Cl)nc1)NCC1C(C)OC(C)(C)N1C(=O)OC(C)(C)C.I. The molecule has 170 valence electrons. The number of nitrogens with one attached hydrogen (secondary N) is 2. The summed E-state index contributed by atoms with van der Waals surface area (Å²) in [5.74, 6) is 0.612. The van der Waals surface area contributed by atoms with Crippen LogP contribution in [-0.2, 0) is 16.0 Å². The van der Waals surface area contributed by atoms with Crippen LogP contribution in [0.25, 0.3) is 0 Å². The van der Waals surface area contributed by atoms with E-state index >= 15 is 0 Å². The topological polar surface area (TPSA) is 88.1 Å². The number of hydrogen-bond acceptors (Lipinski definition) is 5. The van der Waals surface area contributed by atoms with E-state index in [1.54, 1.807) is 24.2 Å². The van der Waals surface area contributed by atoms with Gasteiger partial charge in [-0.15, -0.1) is 24.0 Å². The molecule has 30 heavy (non-hydrogen) atoms. The molecule has 1 aromatic heterocycles. The number of carbonyl (C=O) groups excluding carboxylic acids is 1. The average molecular weight is 554 g/mol. The zero-order chi connectivity index (χ0) is 21.8. The molecule has 0 aliphatic carbocycles. The number of pyridine rings is 1. The Labute approximate surface area is 201 Å². The molecule has 0 saturated carbocycles. The summed E-state index contributed by atoms with van der Waals surface area (Å²) in [7, 11) is 1.69. The third-order valence-electron chi connectivity index (χ3n) is 4.47. The first-order chi connectivity index (χ1) is 13.4. The molecule has 2 heterocycles. The highest BCUT2D eigenvalue weighted by Gasteiger charge is 2.49. The molecule has 2 N–H and O–H groups in total. The van der Waals surface area contributed by atoms with Crippen molar-refractivity contribution in [2.75, 3.05) is 13.6 Å². The van der Waals surface area contributed by atoms with E-state index in [-0.39, 0.29) is 36.1 Å². The Balaban J connectivity index is 0.00000450. The molecule has 0 aromatic carbocycles. The van der Waals surface area contributed by atoms with E-state index < -0.39 is 17.4 Å². The van der Waals surface area contributed by atoms with Crippen LogP contribution in [0.15, 0.2) is 23.3 Å². The van der Waals surface area contributed by atoms with Crippen molar-refractivity contribution in [2.45, 2.75) is 71.6 Å². The average Bonchev–Trinajstić information content (AvgIpc) is 2.83. The lowest BCUT2D eigenvalue weighted by molar-refractivity contribution is -0.0755. The molecular formula is C20H33ClIN5O3. The summed E-state index contributed by atoms with van der Waals surface area (Å²) in [5.41, 5.74) is -0.368. The van der Waals surface area contributed by atoms with Crippen molar-refractivity contribution in [3.8, 4) is 0 Å². The van der Waals surface area contributed by atoms with Gasteiger partial charge in [-0.1, -0.05) is 17.7 Å². The molecule has 0 bridgehead atoms. The lowest BCUT2D eigenvalue weighted by Crippen LogP contribution is -2.54. The molecular weight excluding hydrogens is 521 g/mol. The Hall–Kier alpha value is -1.33. The first-order valence-electron chi connectivity index (χ1n) is 9.68. The van der Waals surface area contributed by atoms with Gasteiger partial charge in [0.2, 0.25) is 0 Å². The minimum Gasteiger partial charge on any atom is -0.444 e. The molecule has 1 aromatic rings. The molecule has 1 aliphatic rings. The van der Waals surface area contributed by atoms with Crippen LogP contribution >= 0.6 is 35.6 Å². The molecule has 1 fully saturated rings. The van der Waals surface area contributed by atoms with Crippen molar-refractivity contribution in [1.29, 1.82) is 0 Å². The van der Waals surface area contributed by atoms with Crippen LogP contribution in [0.2, 0.25) is 5.15 Å². The van der Waals surface area contributed by atoms with E-state index in [0.717, 1.165) is 5.56 Å². The standard InChI is InChI=1S/C20H32ClN5O3.HI/c1-13-15(26(20(5,6)28-13)18(27)29-19(2,3)4)12-25-17(22-7)24-11-14-8-9-16(21)23-10-14;/h8-10,13,15H,11-12H2,1-7H3,(H2,22,24,25);1H. The number of ether oxygens (including phenoxy) is 2. The largest absolute Gasteiger partial charge is 0.444 e. The summed E-state index contributed by atoms with van der Waals surface area (Å²) >= 11 is 5.82. The molecule has 1 aliphatic heterocycles. The highest BCUT2D eigenvalue weighted by Crippen LogP contribution is 2.33. The van der Waals surface area contributed by atoms with Gasteiger partial charge in [0.15, 0.2) is 5.96 Å². The van der Waals surface area contributed by atoms with Crippen LogP contribution in [0.4, 0.5) is 4.79 Å². The maximum Gasteiger partial charge on any atom is 0.412 e. The van der Waals surface area contributed by atoms with Crippen molar-refractivity contribution in [3.63, 3.8) is 0 Å². The summed E-state index contributed by atoms with van der Waals surface area (Å²) in [6.07, 6.45) is 1.15. The van der Waals surface area contributed by atoms with E-state index in [2.05, 4.69) is 20.6 Å². The number of nitrogens with zero attached hydrogens (tertiary/aromatic N) is 3. The van der Waals surface area contributed by atoms with Crippen LogP contribution in [0, 0.1) is 0 Å². The summed E-state index contributed by atoms with van der Waals surface area (Å²) < 4.78 is 11.6. The van der Waals surface area contributed by atoms with Gasteiger partial charge in [-0.3, -0.25) is 9.89 Å². The number of carbonyl (C=O) groups is 1. The van der Waals surface area contributed by atoms with Crippen molar-refractivity contribution in [2.24, 2.45) is 4.99 Å². The van der Waals surface area contributed by atoms with Gasteiger partial charge in [0.1, 0.15) is 16.5 Å². The fraction of sp³-hybridized carbons (Fsp3) is 0.650. The van der Waals surface area contributed by atoms with Crippen LogP contribution in [0.1, 0.15) is 47.1 Å². The van der Waals surface area contributed by atoms with E-state index in [4.69, 9.17) is 21.1 Å². The zero-order valence-electron chi connectivity index (χ0n) is 18.7. The number of aromatic nitrogens is 1. The van der Waals surface area contributed by atoms with Crippen LogP contribution in [0.3, 0.4) is 0 Å². The Bertz CT molecular complexity index is 737. The highest BCUT2D eigenvalue weighted by atomic mass is 127.